The zero-order valence-corrected chi connectivity index (χ0v) is 13.3. The molecular formula is C17H18ClNO3. The first-order chi connectivity index (χ1) is 10.5. The predicted molar refractivity (Wildman–Crippen MR) is 87.4 cm³/mol. The van der Waals surface area contributed by atoms with Crippen LogP contribution in [0.2, 0.25) is 5.02 Å². The first-order valence-electron chi connectivity index (χ1n) is 6.89. The van der Waals surface area contributed by atoms with Gasteiger partial charge in [0.15, 0.2) is 6.61 Å². The molecule has 0 aliphatic carbocycles. The van der Waals surface area contributed by atoms with Gasteiger partial charge in [-0.3, -0.25) is 4.79 Å². The number of nitrogens with one attached hydrogen (secondary N) is 1. The molecule has 2 rings (SSSR count). The van der Waals surface area contributed by atoms with Crippen molar-refractivity contribution in [2.24, 2.45) is 0 Å². The van der Waals surface area contributed by atoms with Crippen LogP contribution >= 0.6 is 11.6 Å². The second-order valence-corrected chi connectivity index (χ2v) is 5.46. The number of amides is 1. The predicted octanol–water partition coefficient (Wildman–Crippen LogP) is 3.47. The number of rotatable bonds is 5. The van der Waals surface area contributed by atoms with Crippen molar-refractivity contribution in [3.63, 3.8) is 0 Å². The summed E-state index contributed by atoms with van der Waals surface area (Å²) in [6.45, 7) is 3.60. The monoisotopic (exact) mass is 319 g/mol. The quantitative estimate of drug-likeness (QED) is 0.887. The third kappa shape index (κ3) is 4.23. The highest BCUT2D eigenvalue weighted by molar-refractivity contribution is 6.31. The number of halogens is 1. The van der Waals surface area contributed by atoms with E-state index in [9.17, 15) is 4.79 Å². The van der Waals surface area contributed by atoms with E-state index in [4.69, 9.17) is 21.4 Å². The molecule has 5 heteroatoms. The van der Waals surface area contributed by atoms with Crippen molar-refractivity contribution >= 4 is 23.2 Å². The van der Waals surface area contributed by atoms with Crippen molar-refractivity contribution in [2.75, 3.05) is 11.9 Å². The second kappa shape index (κ2) is 7.29. The van der Waals surface area contributed by atoms with E-state index in [0.717, 1.165) is 16.7 Å². The summed E-state index contributed by atoms with van der Waals surface area (Å²) >= 11 is 5.94. The van der Waals surface area contributed by atoms with Gasteiger partial charge in [0, 0.05) is 10.7 Å². The van der Waals surface area contributed by atoms with E-state index < -0.39 is 0 Å². The molecule has 0 aliphatic heterocycles. The lowest BCUT2D eigenvalue weighted by atomic mass is 10.1. The van der Waals surface area contributed by atoms with Gasteiger partial charge in [-0.2, -0.15) is 0 Å². The summed E-state index contributed by atoms with van der Waals surface area (Å²) in [6.07, 6.45) is 0. The molecule has 1 amide bonds. The summed E-state index contributed by atoms with van der Waals surface area (Å²) in [4.78, 5) is 12.0. The molecule has 0 fully saturated rings. The van der Waals surface area contributed by atoms with E-state index in [0.29, 0.717) is 16.5 Å². The smallest absolute Gasteiger partial charge is 0.262 e. The molecule has 0 bridgehead atoms. The largest absolute Gasteiger partial charge is 0.484 e. The fraction of sp³-hybridized carbons (Fsp3) is 0.235. The van der Waals surface area contributed by atoms with Gasteiger partial charge < -0.3 is 15.2 Å². The fourth-order valence-corrected chi connectivity index (χ4v) is 2.06. The summed E-state index contributed by atoms with van der Waals surface area (Å²) in [5.41, 5.74) is 3.24. The number of carbonyl (C=O) groups excluding carboxylic acids is 1. The number of anilines is 1. The molecule has 22 heavy (non-hydrogen) atoms. The molecule has 0 aromatic heterocycles. The van der Waals surface area contributed by atoms with E-state index in [1.807, 2.05) is 26.0 Å². The Morgan fingerprint density at radius 1 is 1.18 bits per heavy atom. The molecule has 2 N–H and O–H groups in total. The molecule has 0 spiro atoms. The molecule has 0 heterocycles. The zero-order chi connectivity index (χ0) is 16.1. The highest BCUT2D eigenvalue weighted by Gasteiger charge is 2.07. The summed E-state index contributed by atoms with van der Waals surface area (Å²) in [7, 11) is 0. The van der Waals surface area contributed by atoms with Gasteiger partial charge in [0.2, 0.25) is 0 Å². The Hall–Kier alpha value is -2.04. The molecule has 2 aromatic rings. The summed E-state index contributed by atoms with van der Waals surface area (Å²) in [5, 5.41) is 12.6. The number of hydrogen-bond donors (Lipinski definition) is 2. The van der Waals surface area contributed by atoms with Crippen LogP contribution in [0.25, 0.3) is 0 Å². The van der Waals surface area contributed by atoms with Crippen LogP contribution in [0.15, 0.2) is 36.4 Å². The average Bonchev–Trinajstić information content (AvgIpc) is 2.50. The van der Waals surface area contributed by atoms with Gasteiger partial charge in [0.05, 0.1) is 6.61 Å². The van der Waals surface area contributed by atoms with Crippen molar-refractivity contribution in [1.82, 2.24) is 0 Å². The molecule has 0 unspecified atom stereocenters. The highest BCUT2D eigenvalue weighted by Crippen LogP contribution is 2.21. The number of carbonyl (C=O) groups is 1. The minimum absolute atomic E-state index is 0.0658. The third-order valence-corrected chi connectivity index (χ3v) is 3.68. The van der Waals surface area contributed by atoms with Crippen LogP contribution in [0.5, 0.6) is 5.75 Å². The number of aryl methyl sites for hydroxylation is 2. The SMILES string of the molecule is Cc1cc(OCC(=O)Nc2cc(CO)ccc2C)ccc1Cl. The minimum atomic E-state index is -0.259. The lowest BCUT2D eigenvalue weighted by Crippen LogP contribution is -2.20. The van der Waals surface area contributed by atoms with Gasteiger partial charge in [-0.1, -0.05) is 23.7 Å². The first kappa shape index (κ1) is 16.3. The van der Waals surface area contributed by atoms with Crippen molar-refractivity contribution < 1.29 is 14.6 Å². The topological polar surface area (TPSA) is 58.6 Å². The molecular weight excluding hydrogens is 302 g/mol. The molecule has 116 valence electrons. The molecule has 0 saturated carbocycles. The summed E-state index contributed by atoms with van der Waals surface area (Å²) < 4.78 is 5.45. The number of ether oxygens (including phenoxy) is 1. The lowest BCUT2D eigenvalue weighted by Gasteiger charge is -2.11. The van der Waals surface area contributed by atoms with E-state index >= 15 is 0 Å². The van der Waals surface area contributed by atoms with E-state index in [2.05, 4.69) is 5.32 Å². The van der Waals surface area contributed by atoms with E-state index in [1.54, 1.807) is 24.3 Å². The highest BCUT2D eigenvalue weighted by atomic mass is 35.5. The maximum Gasteiger partial charge on any atom is 0.262 e. The Bertz CT molecular complexity index is 686. The average molecular weight is 320 g/mol. The van der Waals surface area contributed by atoms with Gasteiger partial charge in [-0.25, -0.2) is 0 Å². The van der Waals surface area contributed by atoms with Crippen LogP contribution < -0.4 is 10.1 Å². The van der Waals surface area contributed by atoms with Crippen LogP contribution in [-0.2, 0) is 11.4 Å². The molecule has 4 nitrogen and oxygen atoms in total. The van der Waals surface area contributed by atoms with Crippen LogP contribution in [-0.4, -0.2) is 17.6 Å². The summed E-state index contributed by atoms with van der Waals surface area (Å²) in [5.74, 6) is 0.337. The van der Waals surface area contributed by atoms with Gasteiger partial charge in [-0.15, -0.1) is 0 Å². The zero-order valence-electron chi connectivity index (χ0n) is 12.5. The van der Waals surface area contributed by atoms with Crippen LogP contribution in [0.3, 0.4) is 0 Å². The number of aliphatic hydroxyl groups excluding tert-OH is 1. The maximum atomic E-state index is 12.0. The molecule has 0 aliphatic rings. The second-order valence-electron chi connectivity index (χ2n) is 5.06. The Labute approximate surface area is 134 Å². The first-order valence-corrected chi connectivity index (χ1v) is 7.26. The van der Waals surface area contributed by atoms with Crippen molar-refractivity contribution in [1.29, 1.82) is 0 Å². The van der Waals surface area contributed by atoms with Crippen molar-refractivity contribution in [3.05, 3.63) is 58.1 Å². The molecule has 0 saturated heterocycles. The van der Waals surface area contributed by atoms with Crippen LogP contribution in [0.4, 0.5) is 5.69 Å². The van der Waals surface area contributed by atoms with Crippen molar-refractivity contribution in [3.8, 4) is 5.75 Å². The summed E-state index contributed by atoms with van der Waals surface area (Å²) in [6, 6.07) is 10.7. The molecule has 2 aromatic carbocycles. The maximum absolute atomic E-state index is 12.0. The van der Waals surface area contributed by atoms with Gasteiger partial charge in [0.1, 0.15) is 5.75 Å². The Kier molecular flexibility index (Phi) is 5.41. The standard InChI is InChI=1S/C17H18ClNO3/c1-11-3-4-13(9-20)8-16(11)19-17(21)10-22-14-5-6-15(18)12(2)7-14/h3-8,20H,9-10H2,1-2H3,(H,19,21). The van der Waals surface area contributed by atoms with Gasteiger partial charge in [0.25, 0.3) is 5.91 Å². The number of hydrogen-bond acceptors (Lipinski definition) is 3. The fourth-order valence-electron chi connectivity index (χ4n) is 1.94. The minimum Gasteiger partial charge on any atom is -0.484 e. The van der Waals surface area contributed by atoms with Gasteiger partial charge in [-0.05, 0) is 54.8 Å². The Morgan fingerprint density at radius 2 is 1.95 bits per heavy atom. The van der Waals surface area contributed by atoms with Gasteiger partial charge >= 0.3 is 0 Å². The van der Waals surface area contributed by atoms with E-state index in [1.165, 1.54) is 0 Å². The lowest BCUT2D eigenvalue weighted by molar-refractivity contribution is -0.118. The van der Waals surface area contributed by atoms with E-state index in [-0.39, 0.29) is 19.1 Å². The molecule has 0 radical (unpaired) electrons. The Balaban J connectivity index is 1.97. The number of aliphatic hydroxyl groups is 1. The third-order valence-electron chi connectivity index (χ3n) is 3.26. The normalized spacial score (nSPS) is 10.4. The molecule has 0 atom stereocenters. The van der Waals surface area contributed by atoms with Crippen molar-refractivity contribution in [2.45, 2.75) is 20.5 Å². The van der Waals surface area contributed by atoms with Crippen LogP contribution in [0.1, 0.15) is 16.7 Å². The Morgan fingerprint density at radius 3 is 2.64 bits per heavy atom. The van der Waals surface area contributed by atoms with Crippen LogP contribution in [0, 0.1) is 13.8 Å². The number of benzene rings is 2.